The van der Waals surface area contributed by atoms with E-state index < -0.39 is 23.9 Å². The van der Waals surface area contributed by atoms with Gasteiger partial charge >= 0.3 is 6.18 Å². The molecule has 4 rings (SSSR count). The number of halogens is 3. The minimum absolute atomic E-state index is 0.125. The summed E-state index contributed by atoms with van der Waals surface area (Å²) in [5.74, 6) is -0.270. The highest BCUT2D eigenvalue weighted by molar-refractivity contribution is 6.06. The first-order chi connectivity index (χ1) is 13.7. The molecule has 0 radical (unpaired) electrons. The molecule has 0 unspecified atom stereocenters. The molecule has 3 aromatic rings. The molecule has 150 valence electrons. The van der Waals surface area contributed by atoms with E-state index in [4.69, 9.17) is 0 Å². The van der Waals surface area contributed by atoms with Crippen molar-refractivity contribution in [2.45, 2.75) is 31.7 Å². The predicted molar refractivity (Wildman–Crippen MR) is 102 cm³/mol. The Hall–Kier alpha value is -2.93. The van der Waals surface area contributed by atoms with Gasteiger partial charge in [-0.15, -0.1) is 0 Å². The summed E-state index contributed by atoms with van der Waals surface area (Å²) in [5.41, 5.74) is 1.69. The topological polar surface area (TPSA) is 53.4 Å². The van der Waals surface area contributed by atoms with E-state index in [0.717, 1.165) is 12.1 Å². The molecule has 1 saturated heterocycles. The number of pyridine rings is 1. The number of benzene rings is 2. The second-order valence-corrected chi connectivity index (χ2v) is 7.31. The van der Waals surface area contributed by atoms with Crippen molar-refractivity contribution in [3.8, 4) is 0 Å². The van der Waals surface area contributed by atoms with Gasteiger partial charge in [0.1, 0.15) is 0 Å². The first kappa shape index (κ1) is 19.4. The quantitative estimate of drug-likeness (QED) is 0.689. The van der Waals surface area contributed by atoms with E-state index in [2.05, 4.69) is 4.98 Å². The van der Waals surface area contributed by atoms with Crippen LogP contribution in [0.2, 0.25) is 0 Å². The molecule has 2 heterocycles. The van der Waals surface area contributed by atoms with Gasteiger partial charge in [0.15, 0.2) is 0 Å². The van der Waals surface area contributed by atoms with E-state index >= 15 is 0 Å². The third kappa shape index (κ3) is 3.70. The van der Waals surface area contributed by atoms with Crippen molar-refractivity contribution >= 4 is 16.8 Å². The van der Waals surface area contributed by atoms with Crippen LogP contribution in [0, 0.1) is 6.92 Å². The van der Waals surface area contributed by atoms with Crippen LogP contribution in [0.1, 0.15) is 39.6 Å². The van der Waals surface area contributed by atoms with Crippen LogP contribution in [-0.4, -0.2) is 33.5 Å². The standard InChI is InChI=1S/C22H19F3N2O2/c1-13-10-18(17-4-2-3-5-19(17)26-13)21(29)27-12-16(28)11-20(27)14-6-8-15(9-7-14)22(23,24)25/h2-10,16,20,28H,11-12H2,1H3/t16-,20+/m1/s1. The molecule has 1 amide bonds. The van der Waals surface area contributed by atoms with Crippen LogP contribution in [0.15, 0.2) is 54.6 Å². The van der Waals surface area contributed by atoms with Crippen molar-refractivity contribution in [2.24, 2.45) is 0 Å². The summed E-state index contributed by atoms with van der Waals surface area (Å²) in [4.78, 5) is 19.4. The summed E-state index contributed by atoms with van der Waals surface area (Å²) < 4.78 is 38.6. The van der Waals surface area contributed by atoms with Crippen LogP contribution in [0.5, 0.6) is 0 Å². The molecule has 1 N–H and O–H groups in total. The Kier molecular flexibility index (Phi) is 4.78. The predicted octanol–water partition coefficient (Wildman–Crippen LogP) is 4.51. The van der Waals surface area contributed by atoms with E-state index in [1.165, 1.54) is 17.0 Å². The van der Waals surface area contributed by atoms with Crippen LogP contribution in [-0.2, 0) is 6.18 Å². The Morgan fingerprint density at radius 3 is 2.52 bits per heavy atom. The van der Waals surface area contributed by atoms with Gasteiger partial charge in [-0.1, -0.05) is 30.3 Å². The Bertz CT molecular complexity index is 1060. The van der Waals surface area contributed by atoms with Crippen molar-refractivity contribution in [3.05, 3.63) is 77.0 Å². The number of fused-ring (bicyclic) bond motifs is 1. The third-order valence-electron chi connectivity index (χ3n) is 5.24. The highest BCUT2D eigenvalue weighted by Crippen LogP contribution is 2.36. The van der Waals surface area contributed by atoms with Gasteiger partial charge in [0.05, 0.1) is 28.8 Å². The molecule has 0 bridgehead atoms. The molecule has 1 fully saturated rings. The molecule has 0 spiro atoms. The van der Waals surface area contributed by atoms with Crippen molar-refractivity contribution < 1.29 is 23.1 Å². The molecule has 1 aliphatic heterocycles. The Morgan fingerprint density at radius 2 is 1.83 bits per heavy atom. The average Bonchev–Trinajstić information content (AvgIpc) is 3.08. The van der Waals surface area contributed by atoms with E-state index in [1.54, 1.807) is 13.0 Å². The lowest BCUT2D eigenvalue weighted by Gasteiger charge is -2.26. The fourth-order valence-corrected chi connectivity index (χ4v) is 3.89. The van der Waals surface area contributed by atoms with Gasteiger partial charge in [-0.2, -0.15) is 13.2 Å². The van der Waals surface area contributed by atoms with Crippen molar-refractivity contribution in [1.82, 2.24) is 9.88 Å². The first-order valence-corrected chi connectivity index (χ1v) is 9.26. The van der Waals surface area contributed by atoms with Crippen LogP contribution in [0.25, 0.3) is 10.9 Å². The van der Waals surface area contributed by atoms with E-state index in [1.807, 2.05) is 24.3 Å². The molecule has 2 atom stereocenters. The van der Waals surface area contributed by atoms with Crippen molar-refractivity contribution in [3.63, 3.8) is 0 Å². The number of hydrogen-bond donors (Lipinski definition) is 1. The van der Waals surface area contributed by atoms with Crippen LogP contribution >= 0.6 is 0 Å². The number of β-amino-alcohol motifs (C(OH)–C–C–N with tert-alkyl or cyclic N) is 1. The SMILES string of the molecule is Cc1cc(C(=O)N2C[C@H](O)C[C@H]2c2ccc(C(F)(F)F)cc2)c2ccccc2n1. The summed E-state index contributed by atoms with van der Waals surface area (Å²) in [5, 5.41) is 10.9. The maximum absolute atomic E-state index is 13.4. The first-order valence-electron chi connectivity index (χ1n) is 9.26. The zero-order valence-electron chi connectivity index (χ0n) is 15.6. The zero-order valence-corrected chi connectivity index (χ0v) is 15.6. The summed E-state index contributed by atoms with van der Waals surface area (Å²) in [6.45, 7) is 1.93. The van der Waals surface area contributed by atoms with Crippen LogP contribution in [0.3, 0.4) is 0 Å². The fourth-order valence-electron chi connectivity index (χ4n) is 3.89. The van der Waals surface area contributed by atoms with Gasteiger partial charge in [0.2, 0.25) is 0 Å². The number of carbonyl (C=O) groups excluding carboxylic acids is 1. The van der Waals surface area contributed by atoms with Crippen molar-refractivity contribution in [2.75, 3.05) is 6.54 Å². The molecule has 1 aromatic heterocycles. The maximum Gasteiger partial charge on any atom is 0.416 e. The normalized spacial score (nSPS) is 19.7. The van der Waals surface area contributed by atoms with Gasteiger partial charge in [-0.25, -0.2) is 0 Å². The smallest absolute Gasteiger partial charge is 0.391 e. The lowest BCUT2D eigenvalue weighted by Crippen LogP contribution is -2.32. The minimum Gasteiger partial charge on any atom is -0.391 e. The minimum atomic E-state index is -4.42. The van der Waals surface area contributed by atoms with Gasteiger partial charge in [-0.05, 0) is 43.2 Å². The average molecular weight is 400 g/mol. The number of alkyl halides is 3. The molecular weight excluding hydrogens is 381 g/mol. The van der Waals surface area contributed by atoms with Crippen LogP contribution in [0.4, 0.5) is 13.2 Å². The number of para-hydroxylation sites is 1. The number of aryl methyl sites for hydroxylation is 1. The number of nitrogens with zero attached hydrogens (tertiary/aromatic N) is 2. The highest BCUT2D eigenvalue weighted by atomic mass is 19.4. The third-order valence-corrected chi connectivity index (χ3v) is 5.24. The Labute approximate surface area is 165 Å². The van der Waals surface area contributed by atoms with E-state index in [9.17, 15) is 23.1 Å². The summed E-state index contributed by atoms with van der Waals surface area (Å²) in [6.07, 6.45) is -4.88. The summed E-state index contributed by atoms with van der Waals surface area (Å²) in [7, 11) is 0. The number of aliphatic hydroxyl groups excluding tert-OH is 1. The monoisotopic (exact) mass is 400 g/mol. The number of aromatic nitrogens is 1. The lowest BCUT2D eigenvalue weighted by atomic mass is 10.0. The largest absolute Gasteiger partial charge is 0.416 e. The molecule has 1 aliphatic rings. The van der Waals surface area contributed by atoms with E-state index in [-0.39, 0.29) is 18.9 Å². The number of amides is 1. The highest BCUT2D eigenvalue weighted by Gasteiger charge is 2.37. The Morgan fingerprint density at radius 1 is 1.14 bits per heavy atom. The molecule has 0 saturated carbocycles. The Balaban J connectivity index is 1.71. The second kappa shape index (κ2) is 7.15. The van der Waals surface area contributed by atoms with Crippen LogP contribution < -0.4 is 0 Å². The molecule has 2 aromatic carbocycles. The van der Waals surface area contributed by atoms with Gasteiger partial charge < -0.3 is 10.0 Å². The van der Waals surface area contributed by atoms with Gasteiger partial charge in [0.25, 0.3) is 5.91 Å². The van der Waals surface area contributed by atoms with Crippen molar-refractivity contribution in [1.29, 1.82) is 0 Å². The number of carbonyl (C=O) groups is 1. The molecular formula is C22H19F3N2O2. The molecule has 29 heavy (non-hydrogen) atoms. The summed E-state index contributed by atoms with van der Waals surface area (Å²) >= 11 is 0. The lowest BCUT2D eigenvalue weighted by molar-refractivity contribution is -0.137. The number of likely N-dealkylation sites (tertiary alicyclic amines) is 1. The van der Waals surface area contributed by atoms with E-state index in [0.29, 0.717) is 27.7 Å². The van der Waals surface area contributed by atoms with Gasteiger partial charge in [0, 0.05) is 17.6 Å². The molecule has 7 heteroatoms. The zero-order chi connectivity index (χ0) is 20.8. The van der Waals surface area contributed by atoms with Gasteiger partial charge in [-0.3, -0.25) is 9.78 Å². The summed E-state index contributed by atoms with van der Waals surface area (Å²) in [6, 6.07) is 13.3. The molecule has 4 nitrogen and oxygen atoms in total. The fraction of sp³-hybridized carbons (Fsp3) is 0.273. The number of aliphatic hydroxyl groups is 1. The number of rotatable bonds is 2. The molecule has 0 aliphatic carbocycles. The maximum atomic E-state index is 13.4. The number of hydrogen-bond acceptors (Lipinski definition) is 3. The second-order valence-electron chi connectivity index (χ2n) is 7.31.